The van der Waals surface area contributed by atoms with Crippen LogP contribution < -0.4 is 0 Å². The third kappa shape index (κ3) is 2.89. The first-order valence-electron chi connectivity index (χ1n) is 8.98. The maximum Gasteiger partial charge on any atom is 0.123 e. The lowest BCUT2D eigenvalue weighted by Gasteiger charge is -2.39. The molecule has 2 aliphatic rings. The van der Waals surface area contributed by atoms with Crippen molar-refractivity contribution in [3.05, 3.63) is 28.3 Å². The second-order valence-electron chi connectivity index (χ2n) is 8.09. The number of hydrogen-bond donors (Lipinski definition) is 1. The average molecular weight is 321 g/mol. The molecule has 2 fully saturated rings. The van der Waals surface area contributed by atoms with Gasteiger partial charge in [0.25, 0.3) is 0 Å². The molecule has 0 aliphatic heterocycles. The molecule has 3 rings (SSSR count). The highest BCUT2D eigenvalue weighted by molar-refractivity contribution is 6.30. The summed E-state index contributed by atoms with van der Waals surface area (Å²) in [5, 5.41) is 11.9. The lowest BCUT2D eigenvalue weighted by molar-refractivity contribution is 0.290. The smallest absolute Gasteiger partial charge is 0.123 e. The van der Waals surface area contributed by atoms with Crippen molar-refractivity contribution >= 4 is 11.6 Å². The van der Waals surface area contributed by atoms with E-state index in [4.69, 9.17) is 11.6 Å². The van der Waals surface area contributed by atoms with E-state index < -0.39 is 0 Å². The Labute approximate surface area is 140 Å². The lowest BCUT2D eigenvalue weighted by Crippen LogP contribution is -2.28. The highest BCUT2D eigenvalue weighted by Crippen LogP contribution is 2.50. The van der Waals surface area contributed by atoms with Crippen LogP contribution in [0.2, 0.25) is 5.02 Å². The second-order valence-corrected chi connectivity index (χ2v) is 8.53. The molecule has 0 amide bonds. The predicted octanol–water partition coefficient (Wildman–Crippen LogP) is 6.49. The number of phenols is 1. The van der Waals surface area contributed by atoms with Crippen molar-refractivity contribution < 1.29 is 5.11 Å². The van der Waals surface area contributed by atoms with Gasteiger partial charge in [0.1, 0.15) is 5.75 Å². The lowest BCUT2D eigenvalue weighted by atomic mass is 9.66. The van der Waals surface area contributed by atoms with Crippen molar-refractivity contribution in [1.29, 1.82) is 0 Å². The van der Waals surface area contributed by atoms with E-state index in [9.17, 15) is 5.11 Å². The van der Waals surface area contributed by atoms with Gasteiger partial charge in [-0.15, -0.1) is 0 Å². The second kappa shape index (κ2) is 6.07. The van der Waals surface area contributed by atoms with Crippen molar-refractivity contribution in [2.24, 2.45) is 0 Å². The highest BCUT2D eigenvalue weighted by atomic mass is 35.5. The summed E-state index contributed by atoms with van der Waals surface area (Å²) in [4.78, 5) is 0. The molecule has 1 N–H and O–H groups in total. The Balaban J connectivity index is 2.05. The van der Waals surface area contributed by atoms with Crippen LogP contribution in [0.1, 0.15) is 89.2 Å². The molecule has 2 aliphatic carbocycles. The summed E-state index contributed by atoms with van der Waals surface area (Å²) < 4.78 is 0. The normalized spacial score (nSPS) is 24.1. The third-order valence-electron chi connectivity index (χ3n) is 6.29. The van der Waals surface area contributed by atoms with Crippen LogP contribution in [0.4, 0.5) is 0 Å². The molecule has 1 nitrogen and oxygen atoms in total. The maximum atomic E-state index is 11.1. The standard InChI is InChI=1S/C20H29ClO/c1-19(9-5-3-6-10-19)16-13-15(21)14-17(18(16)22)20(2)11-7-4-8-12-20/h13-14,22H,3-12H2,1-2H3. The molecule has 22 heavy (non-hydrogen) atoms. The van der Waals surface area contributed by atoms with E-state index in [-0.39, 0.29) is 10.8 Å². The van der Waals surface area contributed by atoms with E-state index in [2.05, 4.69) is 13.8 Å². The number of halogens is 1. The molecule has 0 spiro atoms. The van der Waals surface area contributed by atoms with E-state index in [0.717, 1.165) is 41.8 Å². The van der Waals surface area contributed by atoms with Crippen molar-refractivity contribution in [3.63, 3.8) is 0 Å². The van der Waals surface area contributed by atoms with Gasteiger partial charge >= 0.3 is 0 Å². The van der Waals surface area contributed by atoms with Gasteiger partial charge in [-0.1, -0.05) is 64.0 Å². The van der Waals surface area contributed by atoms with E-state index in [1.807, 2.05) is 12.1 Å². The summed E-state index contributed by atoms with van der Waals surface area (Å²) >= 11 is 6.47. The minimum atomic E-state index is 0.0903. The highest BCUT2D eigenvalue weighted by Gasteiger charge is 2.37. The van der Waals surface area contributed by atoms with Gasteiger partial charge in [0, 0.05) is 16.1 Å². The quantitative estimate of drug-likeness (QED) is 0.660. The van der Waals surface area contributed by atoms with Gasteiger partial charge in [0.05, 0.1) is 0 Å². The Morgan fingerprint density at radius 3 is 1.50 bits per heavy atom. The van der Waals surface area contributed by atoms with Gasteiger partial charge in [0.2, 0.25) is 0 Å². The Morgan fingerprint density at radius 2 is 1.14 bits per heavy atom. The molecule has 2 heteroatoms. The molecule has 0 heterocycles. The molecule has 1 aromatic rings. The number of phenolic OH excluding ortho intramolecular Hbond substituents is 1. The van der Waals surface area contributed by atoms with Crippen LogP contribution >= 0.6 is 11.6 Å². The van der Waals surface area contributed by atoms with Crippen LogP contribution in [0.5, 0.6) is 5.75 Å². The number of rotatable bonds is 2. The molecular formula is C20H29ClO. The van der Waals surface area contributed by atoms with Gasteiger partial charge in [-0.25, -0.2) is 0 Å². The van der Waals surface area contributed by atoms with E-state index in [1.54, 1.807) is 0 Å². The van der Waals surface area contributed by atoms with Crippen LogP contribution in [-0.4, -0.2) is 5.11 Å². The zero-order valence-corrected chi connectivity index (χ0v) is 14.8. The van der Waals surface area contributed by atoms with Gasteiger partial charge in [-0.2, -0.15) is 0 Å². The first kappa shape index (κ1) is 16.2. The average Bonchev–Trinajstić information content (AvgIpc) is 2.50. The van der Waals surface area contributed by atoms with Gasteiger partial charge in [-0.3, -0.25) is 0 Å². The summed E-state index contributed by atoms with van der Waals surface area (Å²) in [6.45, 7) is 4.62. The molecule has 122 valence electrons. The van der Waals surface area contributed by atoms with Crippen LogP contribution in [-0.2, 0) is 10.8 Å². The van der Waals surface area contributed by atoms with Crippen LogP contribution in [0.25, 0.3) is 0 Å². The summed E-state index contributed by atoms with van der Waals surface area (Å²) in [7, 11) is 0. The zero-order valence-electron chi connectivity index (χ0n) is 14.1. The van der Waals surface area contributed by atoms with Gasteiger partial charge in [0.15, 0.2) is 0 Å². The van der Waals surface area contributed by atoms with Crippen LogP contribution in [0, 0.1) is 0 Å². The Bertz CT molecular complexity index is 492. The van der Waals surface area contributed by atoms with Gasteiger partial charge in [-0.05, 0) is 48.6 Å². The molecule has 0 bridgehead atoms. The van der Waals surface area contributed by atoms with Crippen molar-refractivity contribution in [2.45, 2.75) is 88.9 Å². The van der Waals surface area contributed by atoms with Crippen molar-refractivity contribution in [2.75, 3.05) is 0 Å². The van der Waals surface area contributed by atoms with E-state index in [1.165, 1.54) is 38.5 Å². The topological polar surface area (TPSA) is 20.2 Å². The minimum absolute atomic E-state index is 0.0903. The molecule has 0 radical (unpaired) electrons. The van der Waals surface area contributed by atoms with Crippen molar-refractivity contribution in [3.8, 4) is 5.75 Å². The molecule has 0 atom stereocenters. The fraction of sp³-hybridized carbons (Fsp3) is 0.700. The molecular weight excluding hydrogens is 292 g/mol. The summed E-state index contributed by atoms with van der Waals surface area (Å²) in [6.07, 6.45) is 12.3. The largest absolute Gasteiger partial charge is 0.507 e. The van der Waals surface area contributed by atoms with Gasteiger partial charge < -0.3 is 5.11 Å². The fourth-order valence-electron chi connectivity index (χ4n) is 4.72. The zero-order chi connectivity index (χ0) is 15.8. The first-order chi connectivity index (χ1) is 10.4. The summed E-state index contributed by atoms with van der Waals surface area (Å²) in [5.41, 5.74) is 2.38. The maximum absolute atomic E-state index is 11.1. The molecule has 2 saturated carbocycles. The third-order valence-corrected chi connectivity index (χ3v) is 6.51. The van der Waals surface area contributed by atoms with E-state index >= 15 is 0 Å². The summed E-state index contributed by atoms with van der Waals surface area (Å²) in [6, 6.07) is 4.05. The van der Waals surface area contributed by atoms with Crippen LogP contribution in [0.15, 0.2) is 12.1 Å². The fourth-order valence-corrected chi connectivity index (χ4v) is 4.94. The van der Waals surface area contributed by atoms with Crippen molar-refractivity contribution in [1.82, 2.24) is 0 Å². The first-order valence-corrected chi connectivity index (χ1v) is 9.36. The predicted molar refractivity (Wildman–Crippen MR) is 94.0 cm³/mol. The molecule has 1 aromatic carbocycles. The monoisotopic (exact) mass is 320 g/mol. The molecule has 0 aromatic heterocycles. The molecule has 0 saturated heterocycles. The Hall–Kier alpha value is -0.690. The Kier molecular flexibility index (Phi) is 4.47. The molecule has 0 unspecified atom stereocenters. The van der Waals surface area contributed by atoms with E-state index in [0.29, 0.717) is 5.75 Å². The minimum Gasteiger partial charge on any atom is -0.507 e. The Morgan fingerprint density at radius 1 is 0.773 bits per heavy atom. The van der Waals surface area contributed by atoms with Crippen LogP contribution in [0.3, 0.4) is 0 Å². The SMILES string of the molecule is CC1(c2cc(Cl)cc(C3(C)CCCCC3)c2O)CCCCC1. The number of aromatic hydroxyl groups is 1. The number of hydrogen-bond acceptors (Lipinski definition) is 1. The summed E-state index contributed by atoms with van der Waals surface area (Å²) in [5.74, 6) is 0.540. The number of benzene rings is 1.